The number of furan rings is 2. The molecule has 0 aliphatic carbocycles. The number of rotatable bonds is 3. The average molecular weight is 715 g/mol. The van der Waals surface area contributed by atoms with Gasteiger partial charge >= 0.3 is 0 Å². The zero-order chi connectivity index (χ0) is 36.5. The van der Waals surface area contributed by atoms with Gasteiger partial charge in [-0.3, -0.25) is 0 Å². The van der Waals surface area contributed by atoms with Crippen LogP contribution in [0, 0.1) is 0 Å². The Morgan fingerprint density at radius 3 is 1.68 bits per heavy atom. The van der Waals surface area contributed by atoms with E-state index in [4.69, 9.17) is 8.83 Å². The van der Waals surface area contributed by atoms with Gasteiger partial charge in [-0.25, -0.2) is 0 Å². The molecule has 13 rings (SSSR count). The second kappa shape index (κ2) is 11.0. The van der Waals surface area contributed by atoms with Crippen molar-refractivity contribution in [2.45, 2.75) is 0 Å². The summed E-state index contributed by atoms with van der Waals surface area (Å²) in [5.74, 6) is 0. The van der Waals surface area contributed by atoms with Crippen LogP contribution >= 0.6 is 0 Å². The van der Waals surface area contributed by atoms with E-state index in [9.17, 15) is 0 Å². The fraction of sp³-hybridized carbons (Fsp3) is 0. The van der Waals surface area contributed by atoms with Crippen molar-refractivity contribution in [3.8, 4) is 22.5 Å². The summed E-state index contributed by atoms with van der Waals surface area (Å²) in [6.07, 6.45) is 0. The lowest BCUT2D eigenvalue weighted by Gasteiger charge is -2.09. The molecule has 4 heterocycles. The highest BCUT2D eigenvalue weighted by molar-refractivity contribution is 6.22. The fourth-order valence-corrected chi connectivity index (χ4v) is 9.38. The van der Waals surface area contributed by atoms with Crippen molar-refractivity contribution in [3.63, 3.8) is 0 Å². The normalized spacial score (nSPS) is 12.3. The van der Waals surface area contributed by atoms with Crippen LogP contribution in [0.1, 0.15) is 0 Å². The molecule has 0 bridgehead atoms. The van der Waals surface area contributed by atoms with Crippen molar-refractivity contribution in [2.75, 3.05) is 0 Å². The van der Waals surface area contributed by atoms with E-state index in [2.05, 4.69) is 179 Å². The third kappa shape index (κ3) is 4.07. The largest absolute Gasteiger partial charge is 0.456 e. The van der Waals surface area contributed by atoms with Crippen molar-refractivity contribution in [3.05, 3.63) is 182 Å². The van der Waals surface area contributed by atoms with Crippen molar-refractivity contribution in [2.24, 2.45) is 0 Å². The van der Waals surface area contributed by atoms with Gasteiger partial charge in [0.1, 0.15) is 22.3 Å². The van der Waals surface area contributed by atoms with Crippen molar-refractivity contribution in [1.29, 1.82) is 0 Å². The Morgan fingerprint density at radius 2 is 0.857 bits per heavy atom. The van der Waals surface area contributed by atoms with Crippen molar-refractivity contribution >= 4 is 98.3 Å². The second-order valence-corrected chi connectivity index (χ2v) is 14.9. The van der Waals surface area contributed by atoms with Gasteiger partial charge in [-0.2, -0.15) is 0 Å². The summed E-state index contributed by atoms with van der Waals surface area (Å²) in [6, 6.07) is 65.5. The summed E-state index contributed by atoms with van der Waals surface area (Å²) in [5, 5.41) is 11.7. The first-order valence-corrected chi connectivity index (χ1v) is 19.1. The van der Waals surface area contributed by atoms with Gasteiger partial charge in [0.05, 0.1) is 22.1 Å². The topological polar surface area (TPSA) is 36.1 Å². The summed E-state index contributed by atoms with van der Waals surface area (Å²) in [6.45, 7) is 0. The Kier molecular flexibility index (Phi) is 5.86. The highest BCUT2D eigenvalue weighted by Gasteiger charge is 2.19. The SMILES string of the molecule is c1ccc(-n2c3ccccc3c3cc(-c4ccc5c(c4)c4c6ccccc6ccc4n5-c4ccc5oc6cc7c(cc6c5c4)oc4ccccc47)ccc32)cc1. The molecule has 0 radical (unpaired) electrons. The van der Waals surface area contributed by atoms with Gasteiger partial charge in [0, 0.05) is 54.5 Å². The average Bonchev–Trinajstić information content (AvgIpc) is 3.99. The maximum Gasteiger partial charge on any atom is 0.136 e. The zero-order valence-corrected chi connectivity index (χ0v) is 30.0. The van der Waals surface area contributed by atoms with E-state index in [0.717, 1.165) is 60.8 Å². The molecule has 0 amide bonds. The van der Waals surface area contributed by atoms with Gasteiger partial charge < -0.3 is 18.0 Å². The van der Waals surface area contributed by atoms with Crippen LogP contribution < -0.4 is 0 Å². The number of aromatic nitrogens is 2. The van der Waals surface area contributed by atoms with E-state index in [1.807, 2.05) is 12.1 Å². The Hall–Kier alpha value is -7.56. The minimum Gasteiger partial charge on any atom is -0.456 e. The first kappa shape index (κ1) is 29.8. The van der Waals surface area contributed by atoms with Gasteiger partial charge in [-0.1, -0.05) is 97.1 Å². The number of fused-ring (bicyclic) bond motifs is 14. The number of para-hydroxylation sites is 3. The van der Waals surface area contributed by atoms with E-state index in [1.54, 1.807) is 0 Å². The Morgan fingerprint density at radius 1 is 0.286 bits per heavy atom. The minimum atomic E-state index is 0.859. The molecule has 0 saturated heterocycles. The quantitative estimate of drug-likeness (QED) is 0.183. The summed E-state index contributed by atoms with van der Waals surface area (Å²) in [4.78, 5) is 0. The van der Waals surface area contributed by atoms with E-state index in [0.29, 0.717) is 0 Å². The Bertz CT molecular complexity index is 3760. The molecular formula is C52H30N2O2. The van der Waals surface area contributed by atoms with Crippen LogP contribution in [0.25, 0.3) is 121 Å². The lowest BCUT2D eigenvalue weighted by Crippen LogP contribution is -1.93. The molecule has 0 saturated carbocycles. The lowest BCUT2D eigenvalue weighted by atomic mass is 9.99. The third-order valence-corrected chi connectivity index (χ3v) is 11.9. The first-order valence-electron chi connectivity index (χ1n) is 19.1. The summed E-state index contributed by atoms with van der Waals surface area (Å²) in [7, 11) is 0. The number of nitrogens with zero attached hydrogens (tertiary/aromatic N) is 2. The van der Waals surface area contributed by atoms with E-state index >= 15 is 0 Å². The lowest BCUT2D eigenvalue weighted by molar-refractivity contribution is 0.664. The molecule has 0 atom stereocenters. The maximum absolute atomic E-state index is 6.48. The predicted octanol–water partition coefficient (Wildman–Crippen LogP) is 14.5. The second-order valence-electron chi connectivity index (χ2n) is 14.9. The van der Waals surface area contributed by atoms with Crippen LogP contribution in [0.2, 0.25) is 0 Å². The summed E-state index contributed by atoms with van der Waals surface area (Å²) < 4.78 is 17.6. The van der Waals surface area contributed by atoms with Crippen molar-refractivity contribution in [1.82, 2.24) is 9.13 Å². The molecule has 0 aliphatic heterocycles. The summed E-state index contributed by atoms with van der Waals surface area (Å²) >= 11 is 0. The Labute approximate surface area is 319 Å². The third-order valence-electron chi connectivity index (χ3n) is 11.9. The first-order chi connectivity index (χ1) is 27.7. The summed E-state index contributed by atoms with van der Waals surface area (Å²) in [5.41, 5.74) is 12.8. The van der Waals surface area contributed by atoms with E-state index < -0.39 is 0 Å². The number of benzene rings is 9. The van der Waals surface area contributed by atoms with Crippen LogP contribution in [0.5, 0.6) is 0 Å². The molecule has 13 aromatic rings. The van der Waals surface area contributed by atoms with Crippen LogP contribution in [0.3, 0.4) is 0 Å². The van der Waals surface area contributed by atoms with E-state index in [-0.39, 0.29) is 0 Å². The molecule has 0 unspecified atom stereocenters. The minimum absolute atomic E-state index is 0.859. The maximum atomic E-state index is 6.48. The van der Waals surface area contributed by atoms with Crippen LogP contribution in [0.15, 0.2) is 191 Å². The molecule has 4 heteroatoms. The van der Waals surface area contributed by atoms with Gasteiger partial charge in [-0.05, 0) is 107 Å². The molecule has 260 valence electrons. The standard InChI is InChI=1S/C52H30N2O2/c1-2-11-34(12-3-1)53-44-16-8-6-14-37(44)39-26-32(19-22-45(39)53)33-20-23-46-43(27-33)52-36-13-5-4-10-31(36)18-24-47(52)54(46)35-21-25-49-40(28-35)42-30-50-41(29-51(42)56-49)38-15-7-9-17-48(38)55-50/h1-30H. The molecule has 0 fully saturated rings. The zero-order valence-electron chi connectivity index (χ0n) is 30.0. The molecular weight excluding hydrogens is 685 g/mol. The van der Waals surface area contributed by atoms with Crippen molar-refractivity contribution < 1.29 is 8.83 Å². The highest BCUT2D eigenvalue weighted by atomic mass is 16.3. The smallest absolute Gasteiger partial charge is 0.136 e. The van der Waals surface area contributed by atoms with Crippen LogP contribution in [-0.2, 0) is 0 Å². The monoisotopic (exact) mass is 714 g/mol. The highest BCUT2D eigenvalue weighted by Crippen LogP contribution is 2.42. The molecule has 0 aliphatic rings. The van der Waals surface area contributed by atoms with Crippen LogP contribution in [0.4, 0.5) is 0 Å². The fourth-order valence-electron chi connectivity index (χ4n) is 9.38. The molecule has 0 spiro atoms. The molecule has 4 aromatic heterocycles. The molecule has 9 aromatic carbocycles. The molecule has 56 heavy (non-hydrogen) atoms. The number of hydrogen-bond donors (Lipinski definition) is 0. The molecule has 4 nitrogen and oxygen atoms in total. The van der Waals surface area contributed by atoms with Gasteiger partial charge in [0.2, 0.25) is 0 Å². The van der Waals surface area contributed by atoms with Crippen LogP contribution in [-0.4, -0.2) is 9.13 Å². The van der Waals surface area contributed by atoms with Gasteiger partial charge in [0.15, 0.2) is 0 Å². The van der Waals surface area contributed by atoms with Gasteiger partial charge in [-0.15, -0.1) is 0 Å². The van der Waals surface area contributed by atoms with Gasteiger partial charge in [0.25, 0.3) is 0 Å². The Balaban J connectivity index is 1.04. The number of hydrogen-bond acceptors (Lipinski definition) is 2. The van der Waals surface area contributed by atoms with E-state index in [1.165, 1.54) is 60.0 Å². The predicted molar refractivity (Wildman–Crippen MR) is 233 cm³/mol. The molecule has 0 N–H and O–H groups in total.